The Morgan fingerprint density at radius 2 is 2.00 bits per heavy atom. The maximum Gasteiger partial charge on any atom is 0.257 e. The Morgan fingerprint density at radius 3 is 2.85 bits per heavy atom. The molecule has 0 saturated carbocycles. The molecule has 0 spiro atoms. The highest BCUT2D eigenvalue weighted by Crippen LogP contribution is 2.32. The quantitative estimate of drug-likeness (QED) is 0.750. The van der Waals surface area contributed by atoms with Crippen molar-refractivity contribution in [3.8, 4) is 5.75 Å². The van der Waals surface area contributed by atoms with Gasteiger partial charge in [-0.05, 0) is 42.5 Å². The van der Waals surface area contributed by atoms with Crippen molar-refractivity contribution in [2.45, 2.75) is 25.7 Å². The van der Waals surface area contributed by atoms with Gasteiger partial charge in [0.2, 0.25) is 5.91 Å². The molecule has 6 heteroatoms. The maximum atomic E-state index is 13.5. The van der Waals surface area contributed by atoms with Crippen LogP contribution >= 0.6 is 0 Å². The summed E-state index contributed by atoms with van der Waals surface area (Å²) in [5.41, 5.74) is 2.30. The van der Waals surface area contributed by atoms with Crippen molar-refractivity contribution in [1.82, 2.24) is 5.32 Å². The summed E-state index contributed by atoms with van der Waals surface area (Å²) in [7, 11) is 0. The molecule has 2 N–H and O–H groups in total. The predicted molar refractivity (Wildman–Crippen MR) is 96.6 cm³/mol. The highest BCUT2D eigenvalue weighted by atomic mass is 19.1. The minimum absolute atomic E-state index is 0.0499. The van der Waals surface area contributed by atoms with Gasteiger partial charge < -0.3 is 15.4 Å². The Hall–Kier alpha value is -2.89. The number of benzene rings is 2. The van der Waals surface area contributed by atoms with Gasteiger partial charge >= 0.3 is 0 Å². The second-order valence-electron chi connectivity index (χ2n) is 6.17. The minimum Gasteiger partial charge on any atom is -0.482 e. The number of para-hydroxylation sites is 1. The Balaban J connectivity index is 1.43. The molecule has 26 heavy (non-hydrogen) atoms. The van der Waals surface area contributed by atoms with Gasteiger partial charge in [0, 0.05) is 13.0 Å². The molecule has 1 aliphatic rings. The summed E-state index contributed by atoms with van der Waals surface area (Å²) >= 11 is 0. The molecule has 136 valence electrons. The van der Waals surface area contributed by atoms with Crippen LogP contribution in [0.15, 0.2) is 42.5 Å². The zero-order valence-corrected chi connectivity index (χ0v) is 14.4. The summed E-state index contributed by atoms with van der Waals surface area (Å²) in [4.78, 5) is 23.5. The molecule has 0 radical (unpaired) electrons. The summed E-state index contributed by atoms with van der Waals surface area (Å²) in [5.74, 6) is -0.0282. The van der Waals surface area contributed by atoms with Crippen molar-refractivity contribution in [3.63, 3.8) is 0 Å². The highest BCUT2D eigenvalue weighted by molar-refractivity contribution is 5.95. The average molecular weight is 356 g/mol. The fourth-order valence-corrected chi connectivity index (χ4v) is 2.90. The van der Waals surface area contributed by atoms with Gasteiger partial charge in [0.15, 0.2) is 6.61 Å². The number of halogens is 1. The number of nitrogens with one attached hydrogen (secondary N) is 2. The number of ether oxygens (including phenoxy) is 1. The number of rotatable bonds is 7. The molecule has 0 fully saturated rings. The number of fused-ring (bicyclic) bond motifs is 1. The van der Waals surface area contributed by atoms with Gasteiger partial charge in [-0.15, -0.1) is 0 Å². The lowest BCUT2D eigenvalue weighted by Gasteiger charge is -2.20. The lowest BCUT2D eigenvalue weighted by molar-refractivity contribution is -0.123. The van der Waals surface area contributed by atoms with Gasteiger partial charge in [-0.25, -0.2) is 4.39 Å². The van der Waals surface area contributed by atoms with Crippen molar-refractivity contribution in [1.29, 1.82) is 0 Å². The van der Waals surface area contributed by atoms with Crippen molar-refractivity contribution in [3.05, 3.63) is 59.4 Å². The molecule has 2 amide bonds. The number of carbonyl (C=O) groups excluding carboxylic acids is 2. The Morgan fingerprint density at radius 1 is 1.15 bits per heavy atom. The van der Waals surface area contributed by atoms with E-state index in [9.17, 15) is 14.0 Å². The standard InChI is InChI=1S/C20H21FN2O3/c21-16-8-2-1-5-14(16)7-4-12-22-19(25)13-26-17-9-3-6-15-10-11-18(24)23-20(15)17/h1-3,5-6,8-9H,4,7,10-13H2,(H,22,25)(H,23,24). The number of anilines is 1. The number of amides is 2. The van der Waals surface area contributed by atoms with Crippen LogP contribution in [0.25, 0.3) is 0 Å². The lowest BCUT2D eigenvalue weighted by Crippen LogP contribution is -2.30. The van der Waals surface area contributed by atoms with E-state index in [1.54, 1.807) is 24.3 Å². The fourth-order valence-electron chi connectivity index (χ4n) is 2.90. The van der Waals surface area contributed by atoms with Crippen molar-refractivity contribution in [2.24, 2.45) is 0 Å². The van der Waals surface area contributed by atoms with Gasteiger partial charge in [-0.1, -0.05) is 30.3 Å². The molecule has 0 saturated heterocycles. The molecule has 1 aliphatic heterocycles. The van der Waals surface area contributed by atoms with Crippen molar-refractivity contribution >= 4 is 17.5 Å². The molecule has 0 bridgehead atoms. The van der Waals surface area contributed by atoms with Crippen LogP contribution in [0, 0.1) is 5.82 Å². The van der Waals surface area contributed by atoms with Crippen LogP contribution in [0.5, 0.6) is 5.75 Å². The Labute approximate surface area is 151 Å². The third-order valence-electron chi connectivity index (χ3n) is 4.26. The summed E-state index contributed by atoms with van der Waals surface area (Å²) in [6.45, 7) is 0.312. The molecule has 1 heterocycles. The first kappa shape index (κ1) is 17.9. The molecule has 0 unspecified atom stereocenters. The number of carbonyl (C=O) groups is 2. The largest absolute Gasteiger partial charge is 0.482 e. The number of hydrogen-bond acceptors (Lipinski definition) is 3. The Bertz CT molecular complexity index is 807. The van der Waals surface area contributed by atoms with Gasteiger partial charge in [0.1, 0.15) is 11.6 Å². The molecule has 0 atom stereocenters. The van der Waals surface area contributed by atoms with E-state index < -0.39 is 0 Å². The highest BCUT2D eigenvalue weighted by Gasteiger charge is 2.18. The third kappa shape index (κ3) is 4.59. The van der Waals surface area contributed by atoms with Crippen LogP contribution in [-0.4, -0.2) is 25.0 Å². The Kier molecular flexibility index (Phi) is 5.84. The second kappa shape index (κ2) is 8.47. The van der Waals surface area contributed by atoms with Gasteiger partial charge in [-0.3, -0.25) is 9.59 Å². The summed E-state index contributed by atoms with van der Waals surface area (Å²) < 4.78 is 19.1. The lowest BCUT2D eigenvalue weighted by atomic mass is 10.0. The van der Waals surface area contributed by atoms with Crippen LogP contribution in [0.3, 0.4) is 0 Å². The van der Waals surface area contributed by atoms with E-state index in [0.717, 1.165) is 5.56 Å². The summed E-state index contributed by atoms with van der Waals surface area (Å²) in [5, 5.41) is 5.55. The molecule has 0 aromatic heterocycles. The van der Waals surface area contributed by atoms with E-state index in [4.69, 9.17) is 4.74 Å². The topological polar surface area (TPSA) is 67.4 Å². The predicted octanol–water partition coefficient (Wildman–Crippen LogP) is 2.84. The van der Waals surface area contributed by atoms with E-state index in [-0.39, 0.29) is 24.2 Å². The smallest absolute Gasteiger partial charge is 0.257 e. The SMILES string of the molecule is O=C(COc1cccc2c1NC(=O)CC2)NCCCc1ccccc1F. The zero-order chi connectivity index (χ0) is 18.4. The first-order valence-electron chi connectivity index (χ1n) is 8.68. The fraction of sp³-hybridized carbons (Fsp3) is 0.300. The van der Waals surface area contributed by atoms with E-state index in [1.165, 1.54) is 6.07 Å². The molecule has 5 nitrogen and oxygen atoms in total. The van der Waals surface area contributed by atoms with E-state index >= 15 is 0 Å². The molecule has 3 rings (SSSR count). The third-order valence-corrected chi connectivity index (χ3v) is 4.26. The number of hydrogen-bond donors (Lipinski definition) is 2. The molecular formula is C20H21FN2O3. The van der Waals surface area contributed by atoms with Gasteiger partial charge in [-0.2, -0.15) is 0 Å². The van der Waals surface area contributed by atoms with Crippen LogP contribution < -0.4 is 15.4 Å². The first-order valence-corrected chi connectivity index (χ1v) is 8.68. The first-order chi connectivity index (χ1) is 12.6. The van der Waals surface area contributed by atoms with Crippen molar-refractivity contribution in [2.75, 3.05) is 18.5 Å². The molecule has 2 aromatic carbocycles. The zero-order valence-electron chi connectivity index (χ0n) is 14.4. The van der Waals surface area contributed by atoms with E-state index in [2.05, 4.69) is 10.6 Å². The second-order valence-corrected chi connectivity index (χ2v) is 6.17. The van der Waals surface area contributed by atoms with Crippen LogP contribution in [0.2, 0.25) is 0 Å². The summed E-state index contributed by atoms with van der Waals surface area (Å²) in [6.07, 6.45) is 2.33. The van der Waals surface area contributed by atoms with Crippen LogP contribution in [0.1, 0.15) is 24.0 Å². The van der Waals surface area contributed by atoms with Gasteiger partial charge in [0.25, 0.3) is 5.91 Å². The van der Waals surface area contributed by atoms with Crippen LogP contribution in [0.4, 0.5) is 10.1 Å². The normalized spacial score (nSPS) is 12.9. The summed E-state index contributed by atoms with van der Waals surface area (Å²) in [6, 6.07) is 12.1. The average Bonchev–Trinajstić information content (AvgIpc) is 2.65. The molecular weight excluding hydrogens is 335 g/mol. The van der Waals surface area contributed by atoms with E-state index in [0.29, 0.717) is 49.2 Å². The van der Waals surface area contributed by atoms with Crippen LogP contribution in [-0.2, 0) is 22.4 Å². The minimum atomic E-state index is -0.252. The van der Waals surface area contributed by atoms with E-state index in [1.807, 2.05) is 12.1 Å². The van der Waals surface area contributed by atoms with Crippen molar-refractivity contribution < 1.29 is 18.7 Å². The maximum absolute atomic E-state index is 13.5. The number of aryl methyl sites for hydroxylation is 2. The molecule has 2 aromatic rings. The van der Waals surface area contributed by atoms with Gasteiger partial charge in [0.05, 0.1) is 5.69 Å². The monoisotopic (exact) mass is 356 g/mol. The molecule has 0 aliphatic carbocycles.